The number of piperidine rings is 1. The summed E-state index contributed by atoms with van der Waals surface area (Å²) in [5.41, 5.74) is 5.73. The molecular formula is C30H41F3N4OS. The summed E-state index contributed by atoms with van der Waals surface area (Å²) in [6.07, 6.45) is -0.140. The summed E-state index contributed by atoms with van der Waals surface area (Å²) in [5, 5.41) is 16.2. The van der Waals surface area contributed by atoms with Crippen LogP contribution in [0.3, 0.4) is 0 Å². The summed E-state index contributed by atoms with van der Waals surface area (Å²) in [6.45, 7) is 10.3. The molecule has 9 heteroatoms. The van der Waals surface area contributed by atoms with Crippen molar-refractivity contribution in [3.8, 4) is 17.6 Å². The number of rotatable bonds is 8. The predicted octanol–water partition coefficient (Wildman–Crippen LogP) is 7.25. The van der Waals surface area contributed by atoms with Gasteiger partial charge in [-0.05, 0) is 86.6 Å². The van der Waals surface area contributed by atoms with Crippen LogP contribution in [0, 0.1) is 24.7 Å². The number of hydrogen-bond donors (Lipinski definition) is 4. The maximum Gasteiger partial charge on any atom is 0.388 e. The lowest BCUT2D eigenvalue weighted by Gasteiger charge is -2.26. The van der Waals surface area contributed by atoms with Crippen LogP contribution >= 0.6 is 11.9 Å². The smallest absolute Gasteiger partial charge is 0.388 e. The Labute approximate surface area is 235 Å². The van der Waals surface area contributed by atoms with Gasteiger partial charge in [-0.25, -0.2) is 0 Å². The van der Waals surface area contributed by atoms with Crippen LogP contribution in [-0.4, -0.2) is 39.0 Å². The van der Waals surface area contributed by atoms with Gasteiger partial charge in [0.15, 0.2) is 0 Å². The largest absolute Gasteiger partial charge is 0.495 e. The molecule has 214 valence electrons. The first-order valence-corrected chi connectivity index (χ1v) is 14.1. The monoisotopic (exact) mass is 562 g/mol. The molecule has 0 aliphatic carbocycles. The van der Waals surface area contributed by atoms with E-state index in [1.807, 2.05) is 18.2 Å². The van der Waals surface area contributed by atoms with E-state index in [2.05, 4.69) is 72.8 Å². The first kappa shape index (κ1) is 32.4. The van der Waals surface area contributed by atoms with Crippen molar-refractivity contribution in [1.29, 1.82) is 0 Å². The number of benzene rings is 2. The average molecular weight is 563 g/mol. The number of aryl methyl sites for hydroxylation is 1. The minimum absolute atomic E-state index is 0.333. The standard InChI is InChI=1S/C27H36N4OS.C3H5F3/c1-19(2)21(8-6-14-30-26-11-10-23(33-28)18-27(26)32-4)17-24-20(3)7-5-9-25(24)31-22-12-15-29-16-13-22;1-2-3(4,5)6/h5,7,9-11,17-19,22,29-31H,12-16,28H2,1-4H3;2H2,1H3/b21-17-;. The third kappa shape index (κ3) is 11.5. The third-order valence-corrected chi connectivity index (χ3v) is 6.78. The molecule has 0 bridgehead atoms. The van der Waals surface area contributed by atoms with Gasteiger partial charge in [0.25, 0.3) is 0 Å². The van der Waals surface area contributed by atoms with Crippen LogP contribution in [-0.2, 0) is 0 Å². The first-order valence-electron chi connectivity index (χ1n) is 13.2. The molecule has 39 heavy (non-hydrogen) atoms. The van der Waals surface area contributed by atoms with Crippen LogP contribution in [0.25, 0.3) is 6.08 Å². The Morgan fingerprint density at radius 2 is 1.90 bits per heavy atom. The highest BCUT2D eigenvalue weighted by atomic mass is 32.2. The van der Waals surface area contributed by atoms with Gasteiger partial charge < -0.3 is 20.7 Å². The molecule has 0 atom stereocenters. The van der Waals surface area contributed by atoms with Crippen molar-refractivity contribution >= 4 is 29.4 Å². The fourth-order valence-corrected chi connectivity index (χ4v) is 4.19. The predicted molar refractivity (Wildman–Crippen MR) is 159 cm³/mol. The lowest BCUT2D eigenvalue weighted by atomic mass is 9.96. The van der Waals surface area contributed by atoms with Crippen LogP contribution < -0.4 is 25.8 Å². The maximum atomic E-state index is 10.8. The van der Waals surface area contributed by atoms with E-state index in [1.165, 1.54) is 28.8 Å². The molecule has 0 spiro atoms. The maximum absolute atomic E-state index is 10.8. The number of alkyl halides is 3. The number of nitrogens with two attached hydrogens (primary N) is 1. The van der Waals surface area contributed by atoms with Gasteiger partial charge in [-0.3, -0.25) is 5.14 Å². The number of allylic oxidation sites excluding steroid dienone is 1. The summed E-state index contributed by atoms with van der Waals surface area (Å²) in [7, 11) is 1.66. The summed E-state index contributed by atoms with van der Waals surface area (Å²) >= 11 is 1.20. The molecular weight excluding hydrogens is 521 g/mol. The van der Waals surface area contributed by atoms with Crippen molar-refractivity contribution in [1.82, 2.24) is 5.32 Å². The van der Waals surface area contributed by atoms with E-state index >= 15 is 0 Å². The second-order valence-electron chi connectivity index (χ2n) is 9.56. The van der Waals surface area contributed by atoms with E-state index < -0.39 is 12.6 Å². The van der Waals surface area contributed by atoms with Crippen molar-refractivity contribution in [3.05, 3.63) is 53.1 Å². The zero-order valence-electron chi connectivity index (χ0n) is 23.5. The van der Waals surface area contributed by atoms with Gasteiger partial charge in [-0.1, -0.05) is 44.7 Å². The molecule has 1 fully saturated rings. The Bertz CT molecular complexity index is 1130. The van der Waals surface area contributed by atoms with Gasteiger partial charge in [0.2, 0.25) is 0 Å². The van der Waals surface area contributed by atoms with Gasteiger partial charge in [0, 0.05) is 34.2 Å². The number of hydrogen-bond acceptors (Lipinski definition) is 6. The Morgan fingerprint density at radius 1 is 1.21 bits per heavy atom. The van der Waals surface area contributed by atoms with Gasteiger partial charge in [0.1, 0.15) is 5.75 Å². The van der Waals surface area contributed by atoms with E-state index in [-0.39, 0.29) is 0 Å². The highest BCUT2D eigenvalue weighted by Crippen LogP contribution is 2.29. The molecule has 2 aromatic rings. The molecule has 1 heterocycles. The van der Waals surface area contributed by atoms with Crippen molar-refractivity contribution in [2.45, 2.75) is 64.1 Å². The first-order chi connectivity index (χ1) is 18.6. The second-order valence-corrected chi connectivity index (χ2v) is 10.3. The highest BCUT2D eigenvalue weighted by molar-refractivity contribution is 7.97. The minimum Gasteiger partial charge on any atom is -0.495 e. The zero-order chi connectivity index (χ0) is 28.8. The molecule has 2 aromatic carbocycles. The zero-order valence-corrected chi connectivity index (χ0v) is 24.3. The Kier molecular flexibility index (Phi) is 13.6. The van der Waals surface area contributed by atoms with Crippen LogP contribution in [0.5, 0.6) is 5.75 Å². The lowest BCUT2D eigenvalue weighted by molar-refractivity contribution is -0.130. The van der Waals surface area contributed by atoms with Gasteiger partial charge >= 0.3 is 6.18 Å². The molecule has 0 saturated carbocycles. The fraction of sp³-hybridized carbons (Fsp3) is 0.467. The minimum atomic E-state index is -3.96. The number of methoxy groups -OCH3 is 1. The molecule has 0 aromatic heterocycles. The van der Waals surface area contributed by atoms with Crippen LogP contribution in [0.4, 0.5) is 24.5 Å². The third-order valence-electron chi connectivity index (χ3n) is 6.25. The van der Waals surface area contributed by atoms with Crippen molar-refractivity contribution in [3.63, 3.8) is 0 Å². The molecule has 1 aliphatic rings. The van der Waals surface area contributed by atoms with E-state index in [9.17, 15) is 13.2 Å². The SMILES string of the molecule is CCC(F)(F)F.COc1cc(SN)ccc1NCC#C/C(=C/c1c(C)cccc1NC1CCNCC1)C(C)C. The molecule has 0 unspecified atom stereocenters. The summed E-state index contributed by atoms with van der Waals surface area (Å²) < 4.78 is 37.8. The van der Waals surface area contributed by atoms with E-state index in [0.717, 1.165) is 54.8 Å². The van der Waals surface area contributed by atoms with Crippen LogP contribution in [0.15, 0.2) is 46.9 Å². The van der Waals surface area contributed by atoms with Crippen molar-refractivity contribution < 1.29 is 17.9 Å². The number of halogens is 3. The average Bonchev–Trinajstić information content (AvgIpc) is 2.92. The molecule has 5 nitrogen and oxygen atoms in total. The van der Waals surface area contributed by atoms with Gasteiger partial charge in [-0.2, -0.15) is 13.2 Å². The number of ether oxygens (including phenoxy) is 1. The second kappa shape index (κ2) is 16.3. The topological polar surface area (TPSA) is 71.3 Å². The Morgan fingerprint density at radius 3 is 2.49 bits per heavy atom. The Hall–Kier alpha value is -2.80. The highest BCUT2D eigenvalue weighted by Gasteiger charge is 2.22. The summed E-state index contributed by atoms with van der Waals surface area (Å²) in [5.74, 6) is 7.79. The van der Waals surface area contributed by atoms with E-state index in [4.69, 9.17) is 9.88 Å². The number of anilines is 2. The van der Waals surface area contributed by atoms with Crippen LogP contribution in [0.1, 0.15) is 51.2 Å². The van der Waals surface area contributed by atoms with Crippen molar-refractivity contribution in [2.75, 3.05) is 37.4 Å². The number of nitrogens with one attached hydrogen (secondary N) is 3. The van der Waals surface area contributed by atoms with Gasteiger partial charge in [0.05, 0.1) is 19.3 Å². The fourth-order valence-electron chi connectivity index (χ4n) is 3.86. The lowest BCUT2D eigenvalue weighted by Crippen LogP contribution is -2.35. The van der Waals surface area contributed by atoms with Crippen LogP contribution in [0.2, 0.25) is 0 Å². The van der Waals surface area contributed by atoms with E-state index in [1.54, 1.807) is 7.11 Å². The molecule has 1 aliphatic heterocycles. The Balaban J connectivity index is 0.000000798. The summed E-state index contributed by atoms with van der Waals surface area (Å²) in [4.78, 5) is 0.959. The van der Waals surface area contributed by atoms with Crippen molar-refractivity contribution in [2.24, 2.45) is 11.1 Å². The normalized spacial score (nSPS) is 14.2. The van der Waals surface area contributed by atoms with Gasteiger partial charge in [-0.15, -0.1) is 0 Å². The summed E-state index contributed by atoms with van der Waals surface area (Å²) in [6, 6.07) is 12.9. The molecule has 0 radical (unpaired) electrons. The van der Waals surface area contributed by atoms with E-state index in [0.29, 0.717) is 18.5 Å². The molecule has 3 rings (SSSR count). The molecule has 0 amide bonds. The molecule has 1 saturated heterocycles. The molecule has 5 N–H and O–H groups in total. The quantitative estimate of drug-likeness (QED) is 0.201.